The molecule has 1 fully saturated rings. The molecule has 2 N–H and O–H groups in total. The highest BCUT2D eigenvalue weighted by atomic mass is 32.2. The van der Waals surface area contributed by atoms with Gasteiger partial charge in [-0.1, -0.05) is 30.3 Å². The van der Waals surface area contributed by atoms with Gasteiger partial charge in [0.05, 0.1) is 11.5 Å². The van der Waals surface area contributed by atoms with Crippen LogP contribution in [0, 0.1) is 0 Å². The van der Waals surface area contributed by atoms with Gasteiger partial charge in [0, 0.05) is 18.2 Å². The highest BCUT2D eigenvalue weighted by Gasteiger charge is 2.27. The van der Waals surface area contributed by atoms with Crippen LogP contribution in [0.5, 0.6) is 0 Å². The molecule has 1 saturated heterocycles. The predicted molar refractivity (Wildman–Crippen MR) is 91.2 cm³/mol. The minimum absolute atomic E-state index is 0.0747. The second kappa shape index (κ2) is 6.54. The molecule has 23 heavy (non-hydrogen) atoms. The summed E-state index contributed by atoms with van der Waals surface area (Å²) in [5.74, 6) is 1.76. The molecule has 2 aromatic rings. The Morgan fingerprint density at radius 1 is 1.17 bits per heavy atom. The minimum Gasteiger partial charge on any atom is -0.366 e. The Balaban J connectivity index is 1.66. The zero-order chi connectivity index (χ0) is 16.3. The van der Waals surface area contributed by atoms with Gasteiger partial charge in [0.1, 0.15) is 18.0 Å². The average Bonchev–Trinajstić information content (AvgIpc) is 2.87. The number of nitrogens with zero attached hydrogens (tertiary/aromatic N) is 2. The van der Waals surface area contributed by atoms with E-state index in [1.807, 2.05) is 24.3 Å². The van der Waals surface area contributed by atoms with Crippen LogP contribution in [0.3, 0.4) is 0 Å². The van der Waals surface area contributed by atoms with Crippen molar-refractivity contribution < 1.29 is 8.42 Å². The van der Waals surface area contributed by atoms with Gasteiger partial charge in [0.15, 0.2) is 9.84 Å². The number of aromatic nitrogens is 2. The Morgan fingerprint density at radius 2 is 1.91 bits per heavy atom. The van der Waals surface area contributed by atoms with Gasteiger partial charge in [0.25, 0.3) is 0 Å². The van der Waals surface area contributed by atoms with Crippen molar-refractivity contribution in [1.82, 2.24) is 9.97 Å². The SMILES string of the molecule is CC(Nc1cc(NC2CCS(=O)(=O)C2)ncn1)c1ccccc1. The molecule has 2 atom stereocenters. The molecular formula is C16H20N4O2S. The van der Waals surface area contributed by atoms with E-state index < -0.39 is 9.84 Å². The van der Waals surface area contributed by atoms with Crippen LogP contribution < -0.4 is 10.6 Å². The topological polar surface area (TPSA) is 84.0 Å². The zero-order valence-electron chi connectivity index (χ0n) is 12.9. The summed E-state index contributed by atoms with van der Waals surface area (Å²) in [4.78, 5) is 8.40. The zero-order valence-corrected chi connectivity index (χ0v) is 13.8. The summed E-state index contributed by atoms with van der Waals surface area (Å²) in [6, 6.07) is 12.0. The van der Waals surface area contributed by atoms with Crippen molar-refractivity contribution in [2.24, 2.45) is 0 Å². The third kappa shape index (κ3) is 4.19. The van der Waals surface area contributed by atoms with Gasteiger partial charge >= 0.3 is 0 Å². The van der Waals surface area contributed by atoms with Crippen molar-refractivity contribution in [2.75, 3.05) is 22.1 Å². The lowest BCUT2D eigenvalue weighted by atomic mass is 10.1. The van der Waals surface area contributed by atoms with Crippen LogP contribution in [0.25, 0.3) is 0 Å². The van der Waals surface area contributed by atoms with Gasteiger partial charge < -0.3 is 10.6 Å². The maximum atomic E-state index is 11.5. The second-order valence-corrected chi connectivity index (χ2v) is 8.04. The number of rotatable bonds is 5. The summed E-state index contributed by atoms with van der Waals surface area (Å²) in [5, 5.41) is 6.51. The van der Waals surface area contributed by atoms with Crippen LogP contribution >= 0.6 is 0 Å². The molecule has 1 aliphatic rings. The number of benzene rings is 1. The Hall–Kier alpha value is -2.15. The van der Waals surface area contributed by atoms with E-state index in [1.165, 1.54) is 11.9 Å². The van der Waals surface area contributed by atoms with Gasteiger partial charge in [-0.05, 0) is 18.9 Å². The average molecular weight is 332 g/mol. The van der Waals surface area contributed by atoms with Gasteiger partial charge in [-0.2, -0.15) is 0 Å². The van der Waals surface area contributed by atoms with Crippen molar-refractivity contribution in [1.29, 1.82) is 0 Å². The number of hydrogen-bond acceptors (Lipinski definition) is 6. The highest BCUT2D eigenvalue weighted by molar-refractivity contribution is 7.91. The van der Waals surface area contributed by atoms with E-state index in [4.69, 9.17) is 0 Å². The van der Waals surface area contributed by atoms with E-state index in [1.54, 1.807) is 0 Å². The molecule has 0 amide bonds. The molecule has 1 aliphatic heterocycles. The van der Waals surface area contributed by atoms with E-state index in [9.17, 15) is 8.42 Å². The Kier molecular flexibility index (Phi) is 4.47. The number of anilines is 2. The number of sulfone groups is 1. The van der Waals surface area contributed by atoms with Crippen LogP contribution in [0.1, 0.15) is 24.9 Å². The molecule has 2 unspecified atom stereocenters. The molecule has 1 aromatic heterocycles. The molecule has 6 nitrogen and oxygen atoms in total. The monoisotopic (exact) mass is 332 g/mol. The molecule has 0 radical (unpaired) electrons. The smallest absolute Gasteiger partial charge is 0.152 e. The van der Waals surface area contributed by atoms with E-state index in [2.05, 4.69) is 39.7 Å². The fraction of sp³-hybridized carbons (Fsp3) is 0.375. The number of hydrogen-bond donors (Lipinski definition) is 2. The predicted octanol–water partition coefficient (Wildman–Crippen LogP) is 2.25. The first-order valence-electron chi connectivity index (χ1n) is 7.62. The molecule has 7 heteroatoms. The van der Waals surface area contributed by atoms with Crippen LogP contribution in [-0.2, 0) is 9.84 Å². The third-order valence-electron chi connectivity index (χ3n) is 3.92. The van der Waals surface area contributed by atoms with Crippen molar-refractivity contribution in [2.45, 2.75) is 25.4 Å². The largest absolute Gasteiger partial charge is 0.366 e. The van der Waals surface area contributed by atoms with Gasteiger partial charge in [-0.25, -0.2) is 18.4 Å². The van der Waals surface area contributed by atoms with E-state index >= 15 is 0 Å². The first-order chi connectivity index (χ1) is 11.0. The molecule has 1 aromatic carbocycles. The summed E-state index contributed by atoms with van der Waals surface area (Å²) in [6.45, 7) is 2.06. The Bertz CT molecular complexity index is 765. The lowest BCUT2D eigenvalue weighted by molar-refractivity contribution is 0.602. The lowest BCUT2D eigenvalue weighted by Crippen LogP contribution is -2.21. The van der Waals surface area contributed by atoms with Crippen molar-refractivity contribution >= 4 is 21.5 Å². The summed E-state index contributed by atoms with van der Waals surface area (Å²) in [7, 11) is -2.90. The molecule has 0 spiro atoms. The maximum Gasteiger partial charge on any atom is 0.152 e. The van der Waals surface area contributed by atoms with Gasteiger partial charge in [-0.3, -0.25) is 0 Å². The molecule has 0 saturated carbocycles. The highest BCUT2D eigenvalue weighted by Crippen LogP contribution is 2.20. The first-order valence-corrected chi connectivity index (χ1v) is 9.44. The second-order valence-electron chi connectivity index (χ2n) is 5.81. The van der Waals surface area contributed by atoms with E-state index in [0.717, 1.165) is 0 Å². The van der Waals surface area contributed by atoms with Crippen LogP contribution in [-0.4, -0.2) is 35.9 Å². The molecule has 0 bridgehead atoms. The third-order valence-corrected chi connectivity index (χ3v) is 5.68. The normalized spacial score (nSPS) is 20.8. The van der Waals surface area contributed by atoms with E-state index in [-0.39, 0.29) is 23.6 Å². The fourth-order valence-corrected chi connectivity index (χ4v) is 4.35. The molecule has 122 valence electrons. The van der Waals surface area contributed by atoms with Crippen LogP contribution in [0.15, 0.2) is 42.7 Å². The van der Waals surface area contributed by atoms with Crippen molar-refractivity contribution in [3.63, 3.8) is 0 Å². The Morgan fingerprint density at radius 3 is 2.61 bits per heavy atom. The van der Waals surface area contributed by atoms with Crippen LogP contribution in [0.2, 0.25) is 0 Å². The fourth-order valence-electron chi connectivity index (χ4n) is 2.68. The molecule has 0 aliphatic carbocycles. The summed E-state index contributed by atoms with van der Waals surface area (Å²) in [5.41, 5.74) is 1.17. The first kappa shape index (κ1) is 15.7. The maximum absolute atomic E-state index is 11.5. The molecular weight excluding hydrogens is 312 g/mol. The van der Waals surface area contributed by atoms with Gasteiger partial charge in [-0.15, -0.1) is 0 Å². The quantitative estimate of drug-likeness (QED) is 0.874. The summed E-state index contributed by atoms with van der Waals surface area (Å²) in [6.07, 6.45) is 2.10. The lowest BCUT2D eigenvalue weighted by Gasteiger charge is -2.16. The standard InChI is InChI=1S/C16H20N4O2S/c1-12(13-5-3-2-4-6-13)19-15-9-16(18-11-17-15)20-14-7-8-23(21,22)10-14/h2-6,9,11-12,14H,7-8,10H2,1H3,(H2,17,18,19,20). The van der Waals surface area contributed by atoms with Crippen molar-refractivity contribution in [3.8, 4) is 0 Å². The minimum atomic E-state index is -2.90. The van der Waals surface area contributed by atoms with Crippen molar-refractivity contribution in [3.05, 3.63) is 48.3 Å². The summed E-state index contributed by atoms with van der Waals surface area (Å²) >= 11 is 0. The number of nitrogens with one attached hydrogen (secondary N) is 2. The van der Waals surface area contributed by atoms with E-state index in [0.29, 0.717) is 18.1 Å². The Labute approximate surface area is 136 Å². The van der Waals surface area contributed by atoms with Crippen LogP contribution in [0.4, 0.5) is 11.6 Å². The molecule has 2 heterocycles. The molecule has 3 rings (SSSR count). The van der Waals surface area contributed by atoms with Gasteiger partial charge in [0.2, 0.25) is 0 Å². The summed E-state index contributed by atoms with van der Waals surface area (Å²) < 4.78 is 23.0.